The second-order valence-electron chi connectivity index (χ2n) is 18.6. The van der Waals surface area contributed by atoms with E-state index >= 15 is 0 Å². The molecular weight excluding hydrogens is 864 g/mol. The van der Waals surface area contributed by atoms with Gasteiger partial charge in [-0.15, -0.1) is 18.3 Å². The first kappa shape index (κ1) is 49.6. The number of halogens is 3. The first-order chi connectivity index (χ1) is 32.8. The van der Waals surface area contributed by atoms with Crippen LogP contribution >= 0.6 is 0 Å². The second kappa shape index (κ2) is 23.2. The lowest BCUT2D eigenvalue weighted by atomic mass is 9.73. The summed E-state index contributed by atoms with van der Waals surface area (Å²) in [6, 6.07) is 27.5. The minimum absolute atomic E-state index is 0.0868. The van der Waals surface area contributed by atoms with Crippen LogP contribution < -0.4 is 11.1 Å². The van der Waals surface area contributed by atoms with Gasteiger partial charge >= 0.3 is 12.0 Å². The van der Waals surface area contributed by atoms with Crippen molar-refractivity contribution in [1.29, 1.82) is 0 Å². The Hall–Kier alpha value is -6.25. The molecule has 0 bridgehead atoms. The Morgan fingerprint density at radius 3 is 2.29 bits per heavy atom. The molecule has 0 spiro atoms. The molecule has 1 saturated carbocycles. The Kier molecular flexibility index (Phi) is 16.9. The van der Waals surface area contributed by atoms with E-state index in [-0.39, 0.29) is 28.9 Å². The van der Waals surface area contributed by atoms with E-state index in [1.54, 1.807) is 42.9 Å². The van der Waals surface area contributed by atoms with Crippen LogP contribution in [-0.4, -0.2) is 94.6 Å². The smallest absolute Gasteiger partial charge is 0.364 e. The molecule has 68 heavy (non-hydrogen) atoms. The maximum atomic E-state index is 14.8. The Labute approximate surface area is 399 Å². The molecule has 1 atom stereocenters. The number of alkyl halides is 3. The SMILES string of the molecule is C=CNN(C)Cc1cc(-c2ccc(C3CCN(C(=O)CC4CCN(Cc5ccccn(-c6cccc([C@H](CN(C)/C=N\N=C)C7CCC7)c6)c(=O)n(C(F)(F)F)c5)CC4)CC3)cc2)ccc1C=C. The number of hydrazine groups is 1. The summed E-state index contributed by atoms with van der Waals surface area (Å²) in [6.45, 7) is 15.4. The maximum Gasteiger partial charge on any atom is 0.492 e. The maximum absolute atomic E-state index is 14.8. The molecule has 2 saturated heterocycles. The lowest BCUT2D eigenvalue weighted by Gasteiger charge is -2.36. The fourth-order valence-electron chi connectivity index (χ4n) is 9.96. The largest absolute Gasteiger partial charge is 0.492 e. The van der Waals surface area contributed by atoms with Crippen LogP contribution in [-0.2, 0) is 24.2 Å². The third-order valence-corrected chi connectivity index (χ3v) is 14.0. The van der Waals surface area contributed by atoms with E-state index in [1.807, 2.05) is 47.1 Å². The Balaban J connectivity index is 0.941. The average molecular weight is 930 g/mol. The van der Waals surface area contributed by atoms with Gasteiger partial charge in [-0.25, -0.2) is 14.4 Å². The zero-order valence-electron chi connectivity index (χ0n) is 39.5. The Morgan fingerprint density at radius 2 is 1.63 bits per heavy atom. The number of carbonyl (C=O) groups is 1. The predicted octanol–water partition coefficient (Wildman–Crippen LogP) is 10.1. The van der Waals surface area contributed by atoms with E-state index in [0.29, 0.717) is 55.7 Å². The highest BCUT2D eigenvalue weighted by molar-refractivity contribution is 5.76. The monoisotopic (exact) mass is 930 g/mol. The molecule has 14 heteroatoms. The highest BCUT2D eigenvalue weighted by Crippen LogP contribution is 2.40. The van der Waals surface area contributed by atoms with Crippen molar-refractivity contribution < 1.29 is 18.0 Å². The summed E-state index contributed by atoms with van der Waals surface area (Å²) < 4.78 is 45.3. The molecule has 1 aliphatic carbocycles. The van der Waals surface area contributed by atoms with Gasteiger partial charge in [-0.2, -0.15) is 5.10 Å². The molecular formula is C54H66F3N9O2. The van der Waals surface area contributed by atoms with Crippen LogP contribution in [0.5, 0.6) is 0 Å². The van der Waals surface area contributed by atoms with Gasteiger partial charge in [0.15, 0.2) is 0 Å². The van der Waals surface area contributed by atoms with Crippen LogP contribution in [0.15, 0.2) is 132 Å². The van der Waals surface area contributed by atoms with E-state index in [9.17, 15) is 22.8 Å². The fourth-order valence-corrected chi connectivity index (χ4v) is 9.96. The van der Waals surface area contributed by atoms with Crippen LogP contribution in [0.4, 0.5) is 13.2 Å². The van der Waals surface area contributed by atoms with Gasteiger partial charge in [0.2, 0.25) is 5.91 Å². The first-order valence-electron chi connectivity index (χ1n) is 23.8. The van der Waals surface area contributed by atoms with Crippen LogP contribution in [0.25, 0.3) is 22.9 Å². The molecule has 2 aliphatic heterocycles. The van der Waals surface area contributed by atoms with Crippen molar-refractivity contribution in [3.63, 3.8) is 0 Å². The van der Waals surface area contributed by atoms with Crippen LogP contribution in [0, 0.1) is 11.8 Å². The van der Waals surface area contributed by atoms with E-state index in [2.05, 4.69) is 82.9 Å². The summed E-state index contributed by atoms with van der Waals surface area (Å²) in [4.78, 5) is 33.5. The number of piperidine rings is 2. The number of nitrogens with one attached hydrogen (secondary N) is 1. The molecule has 1 amide bonds. The lowest BCUT2D eigenvalue weighted by Crippen LogP contribution is -2.40. The molecule has 360 valence electrons. The highest BCUT2D eigenvalue weighted by Gasteiger charge is 2.34. The van der Waals surface area contributed by atoms with Crippen molar-refractivity contribution in [2.45, 2.75) is 82.6 Å². The van der Waals surface area contributed by atoms with Gasteiger partial charge in [0.1, 0.15) is 6.34 Å². The third kappa shape index (κ3) is 12.8. The van der Waals surface area contributed by atoms with Gasteiger partial charge < -0.3 is 15.2 Å². The summed E-state index contributed by atoms with van der Waals surface area (Å²) in [7, 11) is 3.87. The molecule has 1 aromatic heterocycles. The van der Waals surface area contributed by atoms with E-state index in [1.165, 1.54) is 17.3 Å². The van der Waals surface area contributed by atoms with E-state index < -0.39 is 12.0 Å². The van der Waals surface area contributed by atoms with Crippen molar-refractivity contribution in [1.82, 2.24) is 34.3 Å². The van der Waals surface area contributed by atoms with Crippen molar-refractivity contribution in [2.75, 3.05) is 46.8 Å². The number of carbonyl (C=O) groups excluding carboxylic acids is 1. The third-order valence-electron chi connectivity index (χ3n) is 14.0. The Bertz CT molecular complexity index is 2510. The van der Waals surface area contributed by atoms with Gasteiger partial charge in [0.05, 0.1) is 5.69 Å². The molecule has 3 heterocycles. The number of aromatic nitrogens is 2. The van der Waals surface area contributed by atoms with Crippen molar-refractivity contribution >= 4 is 25.0 Å². The summed E-state index contributed by atoms with van der Waals surface area (Å²) in [5, 5.41) is 9.42. The van der Waals surface area contributed by atoms with Gasteiger partial charge in [0, 0.05) is 84.5 Å². The van der Waals surface area contributed by atoms with Crippen LogP contribution in [0.3, 0.4) is 0 Å². The quantitative estimate of drug-likeness (QED) is 0.0607. The molecule has 7 rings (SSSR count). The van der Waals surface area contributed by atoms with E-state index in [0.717, 1.165) is 91.1 Å². The van der Waals surface area contributed by atoms with Gasteiger partial charge in [-0.3, -0.25) is 14.3 Å². The van der Waals surface area contributed by atoms with Gasteiger partial charge in [0.25, 0.3) is 0 Å². The molecule has 0 radical (unpaired) electrons. The number of likely N-dealkylation sites (N-methyl/N-ethyl adjacent to an activating group) is 1. The second-order valence-corrected chi connectivity index (χ2v) is 18.6. The number of amides is 1. The van der Waals surface area contributed by atoms with Gasteiger partial charge in [-0.1, -0.05) is 86.3 Å². The summed E-state index contributed by atoms with van der Waals surface area (Å²) in [6.07, 6.45) is 9.58. The summed E-state index contributed by atoms with van der Waals surface area (Å²) in [5.74, 6) is 1.26. The molecule has 4 aromatic rings. The lowest BCUT2D eigenvalue weighted by molar-refractivity contribution is -0.207. The summed E-state index contributed by atoms with van der Waals surface area (Å²) >= 11 is 0. The standard InChI is InChI=1S/C54H66F3N9O2/c1-6-42-17-22-47(33-49(42)37-62(5)60-7-2)44-20-18-43(19-21-44)45-25-30-64(31-26-45)52(67)32-40-23-28-63(29-24-40)35-41-12-8-9-27-65(53(68)66(36-41)54(55,56)57)50-16-11-15-48(34-50)51(46-13-10-14-46)38-61(4)39-59-58-3/h6-9,11-12,15-22,27,33-34,36,39-40,45-46,51,60H,1-3,10,13-14,23-26,28-32,35,37-38H2,4-5H3/b12-8?,27-9?,41-36?,59-39-/t51-/m1/s1. The normalized spacial score (nSPS) is 16.8. The number of benzene rings is 3. The number of hydrogen-bond acceptors (Lipinski definition) is 7. The number of likely N-dealkylation sites (tertiary alicyclic amines) is 2. The molecule has 1 N–H and O–H groups in total. The number of hydrogen-bond donors (Lipinski definition) is 1. The zero-order chi connectivity index (χ0) is 48.2. The van der Waals surface area contributed by atoms with Crippen molar-refractivity contribution in [3.05, 3.63) is 155 Å². The number of nitrogens with zero attached hydrogens (tertiary/aromatic N) is 8. The van der Waals surface area contributed by atoms with Crippen molar-refractivity contribution in [3.8, 4) is 16.8 Å². The zero-order valence-corrected chi connectivity index (χ0v) is 39.5. The van der Waals surface area contributed by atoms with Crippen LogP contribution in [0.1, 0.15) is 91.0 Å². The average Bonchev–Trinajstić information content (AvgIpc) is 3.39. The fraction of sp³-hybridized carbons (Fsp3) is 0.407. The summed E-state index contributed by atoms with van der Waals surface area (Å²) in [5.41, 5.74) is 9.41. The van der Waals surface area contributed by atoms with Crippen LogP contribution in [0.2, 0.25) is 0 Å². The minimum Gasteiger partial charge on any atom is -0.364 e. The van der Waals surface area contributed by atoms with Gasteiger partial charge in [-0.05, 0) is 133 Å². The predicted molar refractivity (Wildman–Crippen MR) is 268 cm³/mol. The highest BCUT2D eigenvalue weighted by atomic mass is 19.4. The first-order valence-corrected chi connectivity index (χ1v) is 23.8. The molecule has 11 nitrogen and oxygen atoms in total. The van der Waals surface area contributed by atoms with E-state index in [4.69, 9.17) is 0 Å². The number of rotatable bonds is 18. The minimum atomic E-state index is -4.96. The molecule has 3 fully saturated rings. The van der Waals surface area contributed by atoms with Crippen molar-refractivity contribution in [2.24, 2.45) is 22.0 Å². The Morgan fingerprint density at radius 1 is 0.897 bits per heavy atom. The topological polar surface area (TPSA) is 93.7 Å². The molecule has 3 aromatic carbocycles. The molecule has 3 aliphatic rings. The molecule has 0 unspecified atom stereocenters.